The first kappa shape index (κ1) is 4.77. The van der Waals surface area contributed by atoms with Gasteiger partial charge in [-0.15, -0.1) is 0 Å². The van der Waals surface area contributed by atoms with Gasteiger partial charge in [-0.25, -0.2) is 0 Å². The molecule has 0 spiro atoms. The summed E-state index contributed by atoms with van der Waals surface area (Å²) >= 11 is 0. The molecule has 0 radical (unpaired) electrons. The fourth-order valence-electron chi connectivity index (χ4n) is 2.30. The molecule has 46 valence electrons. The van der Waals surface area contributed by atoms with E-state index in [0.717, 1.165) is 6.54 Å². The van der Waals surface area contributed by atoms with Crippen LogP contribution >= 0.6 is 0 Å². The van der Waals surface area contributed by atoms with Gasteiger partial charge in [0, 0.05) is 5.54 Å². The van der Waals surface area contributed by atoms with Crippen LogP contribution in [0.5, 0.6) is 0 Å². The maximum absolute atomic E-state index is 5.79. The second kappa shape index (κ2) is 0.957. The van der Waals surface area contributed by atoms with E-state index in [1.54, 1.807) is 0 Å². The van der Waals surface area contributed by atoms with Crippen LogP contribution in [0.1, 0.15) is 19.3 Å². The summed E-state index contributed by atoms with van der Waals surface area (Å²) in [6, 6.07) is 0. The van der Waals surface area contributed by atoms with Crippen LogP contribution < -0.4 is 11.5 Å². The van der Waals surface area contributed by atoms with Crippen molar-refractivity contribution < 1.29 is 0 Å². The highest BCUT2D eigenvalue weighted by Gasteiger charge is 2.64. The second-order valence-corrected chi connectivity index (χ2v) is 3.60. The molecule has 4 N–H and O–H groups in total. The van der Waals surface area contributed by atoms with E-state index in [4.69, 9.17) is 11.5 Å². The molecule has 0 amide bonds. The highest BCUT2D eigenvalue weighted by Crippen LogP contribution is 2.64. The predicted octanol–water partition coefficient (Wildman–Crippen LogP) is -0.174. The van der Waals surface area contributed by atoms with Gasteiger partial charge < -0.3 is 11.5 Å². The summed E-state index contributed by atoms with van der Waals surface area (Å²) in [5, 5.41) is 0. The van der Waals surface area contributed by atoms with E-state index in [9.17, 15) is 0 Å². The van der Waals surface area contributed by atoms with Crippen molar-refractivity contribution in [1.29, 1.82) is 0 Å². The highest BCUT2D eigenvalue weighted by molar-refractivity contribution is 5.21. The Labute approximate surface area is 49.2 Å². The van der Waals surface area contributed by atoms with E-state index in [2.05, 4.69) is 0 Å². The van der Waals surface area contributed by atoms with Gasteiger partial charge in [0.2, 0.25) is 0 Å². The minimum atomic E-state index is 0.249. The summed E-state index contributed by atoms with van der Waals surface area (Å²) in [7, 11) is 0. The average molecular weight is 112 g/mol. The van der Waals surface area contributed by atoms with Crippen LogP contribution in [0.25, 0.3) is 0 Å². The van der Waals surface area contributed by atoms with E-state index < -0.39 is 0 Å². The van der Waals surface area contributed by atoms with Crippen molar-refractivity contribution >= 4 is 0 Å². The maximum atomic E-state index is 5.79. The van der Waals surface area contributed by atoms with Crippen LogP contribution in [-0.2, 0) is 0 Å². The Hall–Kier alpha value is -0.0800. The lowest BCUT2D eigenvalue weighted by atomic mass is 9.40. The number of hydrogen-bond donors (Lipinski definition) is 2. The standard InChI is InChI=1S/C6H12N2/c7-4-5-1-6(8,2-5)3-5/h1-4,7-8H2. The average Bonchev–Trinajstić information content (AvgIpc) is 1.55. The highest BCUT2D eigenvalue weighted by atomic mass is 14.9. The zero-order valence-electron chi connectivity index (χ0n) is 4.98. The molecule has 0 atom stereocenters. The number of rotatable bonds is 1. The molecule has 0 heterocycles. The molecule has 2 nitrogen and oxygen atoms in total. The van der Waals surface area contributed by atoms with Gasteiger partial charge in [0.05, 0.1) is 0 Å². The molecule has 0 saturated heterocycles. The van der Waals surface area contributed by atoms with Crippen molar-refractivity contribution in [3.8, 4) is 0 Å². The molecule has 8 heavy (non-hydrogen) atoms. The van der Waals surface area contributed by atoms with Crippen molar-refractivity contribution in [2.45, 2.75) is 24.8 Å². The van der Waals surface area contributed by atoms with Crippen LogP contribution in [-0.4, -0.2) is 12.1 Å². The summed E-state index contributed by atoms with van der Waals surface area (Å²) in [4.78, 5) is 0. The fraction of sp³-hybridized carbons (Fsp3) is 1.00. The first-order chi connectivity index (χ1) is 3.68. The lowest BCUT2D eigenvalue weighted by Gasteiger charge is -2.69. The molecule has 0 aromatic heterocycles. The summed E-state index contributed by atoms with van der Waals surface area (Å²) in [6.07, 6.45) is 3.57. The smallest absolute Gasteiger partial charge is 0.0171 e. The minimum Gasteiger partial charge on any atom is -0.330 e. The van der Waals surface area contributed by atoms with E-state index >= 15 is 0 Å². The van der Waals surface area contributed by atoms with Crippen LogP contribution in [0.15, 0.2) is 0 Å². The Morgan fingerprint density at radius 1 is 1.25 bits per heavy atom. The van der Waals surface area contributed by atoms with Gasteiger partial charge in [-0.05, 0) is 31.2 Å². The second-order valence-electron chi connectivity index (χ2n) is 3.60. The van der Waals surface area contributed by atoms with Gasteiger partial charge in [-0.1, -0.05) is 0 Å². The van der Waals surface area contributed by atoms with E-state index in [1.807, 2.05) is 0 Å². The molecule has 3 saturated carbocycles. The third-order valence-corrected chi connectivity index (χ3v) is 2.61. The van der Waals surface area contributed by atoms with Crippen molar-refractivity contribution in [2.24, 2.45) is 16.9 Å². The van der Waals surface area contributed by atoms with E-state index in [-0.39, 0.29) is 5.54 Å². The van der Waals surface area contributed by atoms with Crippen molar-refractivity contribution in [3.63, 3.8) is 0 Å². The molecular formula is C6H12N2. The van der Waals surface area contributed by atoms with E-state index in [1.165, 1.54) is 19.3 Å². The fourth-order valence-corrected chi connectivity index (χ4v) is 2.30. The van der Waals surface area contributed by atoms with Crippen molar-refractivity contribution in [2.75, 3.05) is 6.54 Å². The summed E-state index contributed by atoms with van der Waals surface area (Å²) in [6.45, 7) is 0.853. The molecule has 0 aliphatic heterocycles. The minimum absolute atomic E-state index is 0.249. The van der Waals surface area contributed by atoms with Gasteiger partial charge in [-0.3, -0.25) is 0 Å². The zero-order valence-corrected chi connectivity index (χ0v) is 4.98. The molecule has 3 fully saturated rings. The molecule has 0 aromatic rings. The Bertz CT molecular complexity index is 111. The molecule has 3 aliphatic rings. The summed E-state index contributed by atoms with van der Waals surface area (Å²) < 4.78 is 0. The van der Waals surface area contributed by atoms with Gasteiger partial charge >= 0.3 is 0 Å². The predicted molar refractivity (Wildman–Crippen MR) is 32.3 cm³/mol. The van der Waals surface area contributed by atoms with E-state index in [0.29, 0.717) is 5.41 Å². The topological polar surface area (TPSA) is 52.0 Å². The maximum Gasteiger partial charge on any atom is 0.0171 e. The zero-order chi connectivity index (χ0) is 5.83. The van der Waals surface area contributed by atoms with Gasteiger partial charge in [0.15, 0.2) is 0 Å². The first-order valence-corrected chi connectivity index (χ1v) is 3.17. The molecule has 2 heteroatoms. The molecule has 3 aliphatic carbocycles. The Balaban J connectivity index is 2.04. The molecule has 3 rings (SSSR count). The van der Waals surface area contributed by atoms with Crippen LogP contribution in [0.3, 0.4) is 0 Å². The number of nitrogens with two attached hydrogens (primary N) is 2. The Kier molecular flexibility index (Phi) is 0.570. The summed E-state index contributed by atoms with van der Waals surface area (Å²) in [5.74, 6) is 0. The van der Waals surface area contributed by atoms with Crippen LogP contribution in [0.4, 0.5) is 0 Å². The van der Waals surface area contributed by atoms with Crippen LogP contribution in [0, 0.1) is 5.41 Å². The molecule has 0 unspecified atom stereocenters. The van der Waals surface area contributed by atoms with Gasteiger partial charge in [0.25, 0.3) is 0 Å². The van der Waals surface area contributed by atoms with Crippen molar-refractivity contribution in [1.82, 2.24) is 0 Å². The van der Waals surface area contributed by atoms with Gasteiger partial charge in [0.1, 0.15) is 0 Å². The largest absolute Gasteiger partial charge is 0.330 e. The lowest BCUT2D eigenvalue weighted by molar-refractivity contribution is -0.122. The van der Waals surface area contributed by atoms with Gasteiger partial charge in [-0.2, -0.15) is 0 Å². The molecule has 2 bridgehead atoms. The van der Waals surface area contributed by atoms with Crippen LogP contribution in [0.2, 0.25) is 0 Å². The quantitative estimate of drug-likeness (QED) is 0.494. The molecule has 0 aromatic carbocycles. The first-order valence-electron chi connectivity index (χ1n) is 3.17. The third-order valence-electron chi connectivity index (χ3n) is 2.61. The SMILES string of the molecule is NCC12CC(N)(C1)C2. The van der Waals surface area contributed by atoms with Crippen molar-refractivity contribution in [3.05, 3.63) is 0 Å². The summed E-state index contributed by atoms with van der Waals surface area (Å²) in [5.41, 5.74) is 12.1. The Morgan fingerprint density at radius 2 is 1.75 bits per heavy atom. The normalized spacial score (nSPS) is 59.2. The number of hydrogen-bond acceptors (Lipinski definition) is 2. The third kappa shape index (κ3) is 0.327. The lowest BCUT2D eigenvalue weighted by Crippen LogP contribution is -2.74. The Morgan fingerprint density at radius 3 is 1.88 bits per heavy atom. The monoisotopic (exact) mass is 112 g/mol. The molecular weight excluding hydrogens is 100 g/mol.